The number of hydrogen-bond donors (Lipinski definition) is 4. The van der Waals surface area contributed by atoms with Crippen LogP contribution in [0.2, 0.25) is 10.0 Å². The fraction of sp³-hybridized carbons (Fsp3) is 0.379. The average molecular weight is 728 g/mol. The number of benzene rings is 1. The Morgan fingerprint density at radius 2 is 1.85 bits per heavy atom. The van der Waals surface area contributed by atoms with Crippen LogP contribution in [-0.2, 0) is 11.2 Å². The maximum absolute atomic E-state index is 13.0. The zero-order valence-corrected chi connectivity index (χ0v) is 27.8. The molecule has 256 valence electrons. The first-order chi connectivity index (χ1) is 22.7. The minimum Gasteiger partial charge on any atom is -0.475 e. The van der Waals surface area contributed by atoms with Gasteiger partial charge in [-0.3, -0.25) is 9.69 Å². The molecule has 13 nitrogen and oxygen atoms in total. The minimum atomic E-state index is -5.08. The number of nitrogens with one attached hydrogen (secondary N) is 2. The highest BCUT2D eigenvalue weighted by atomic mass is 35.5. The van der Waals surface area contributed by atoms with Gasteiger partial charge in [0.15, 0.2) is 17.3 Å². The van der Waals surface area contributed by atoms with Gasteiger partial charge >= 0.3 is 12.1 Å². The normalized spacial score (nSPS) is 13.9. The molecule has 1 amide bonds. The van der Waals surface area contributed by atoms with Crippen LogP contribution >= 0.6 is 34.5 Å². The Bertz CT molecular complexity index is 1800. The highest BCUT2D eigenvalue weighted by Crippen LogP contribution is 2.31. The molecule has 4 aromatic rings. The standard InChI is InChI=1S/C27H30Cl2N10OS.C2HF3O2/c1-37-9-11-38(12-10-37)8-7-33-27(40)20-14-22-26(32-6-2-3-24-35-25(31)23(15-30)41-24)34-21(16-39(22)36-20)18-5-4-17(28)13-19(18)29;3-2(4,5)1(6)7/h4-5,13-14,16H,2-3,6-12,31H2,1H3,(H,32,34)(H,33,40);(H,6,7). The van der Waals surface area contributed by atoms with Crippen molar-refractivity contribution in [2.24, 2.45) is 0 Å². The largest absolute Gasteiger partial charge is 0.490 e. The number of carbonyl (C=O) groups is 2. The Morgan fingerprint density at radius 3 is 2.48 bits per heavy atom. The molecular weight excluding hydrogens is 696 g/mol. The van der Waals surface area contributed by atoms with Gasteiger partial charge in [-0.2, -0.15) is 23.5 Å². The van der Waals surface area contributed by atoms with Crippen LogP contribution in [0.1, 0.15) is 26.8 Å². The van der Waals surface area contributed by atoms with E-state index in [0.717, 1.165) is 44.2 Å². The number of likely N-dealkylation sites (N-methyl/N-ethyl adjacent to an activating group) is 1. The van der Waals surface area contributed by atoms with E-state index >= 15 is 0 Å². The van der Waals surface area contributed by atoms with Gasteiger partial charge < -0.3 is 26.4 Å². The number of anilines is 2. The number of rotatable bonds is 10. The second kappa shape index (κ2) is 16.3. The third kappa shape index (κ3) is 9.90. The number of thiazole rings is 1. The number of nitrogens with zero attached hydrogens (tertiary/aromatic N) is 7. The molecule has 1 fully saturated rings. The fourth-order valence-electron chi connectivity index (χ4n) is 4.56. The van der Waals surface area contributed by atoms with Crippen molar-refractivity contribution in [2.45, 2.75) is 19.0 Å². The number of aromatic nitrogens is 4. The quantitative estimate of drug-likeness (QED) is 0.172. The number of hydrogen-bond acceptors (Lipinski definition) is 11. The van der Waals surface area contributed by atoms with Gasteiger partial charge in [0.2, 0.25) is 0 Å². The number of nitrogens with two attached hydrogens (primary N) is 1. The maximum Gasteiger partial charge on any atom is 0.490 e. The summed E-state index contributed by atoms with van der Waals surface area (Å²) >= 11 is 13.9. The summed E-state index contributed by atoms with van der Waals surface area (Å²) in [6, 6.07) is 9.01. The van der Waals surface area contributed by atoms with Crippen molar-refractivity contribution in [3.63, 3.8) is 0 Å². The van der Waals surface area contributed by atoms with Crippen molar-refractivity contribution >= 4 is 63.6 Å². The molecule has 0 bridgehead atoms. The van der Waals surface area contributed by atoms with Crippen molar-refractivity contribution in [2.75, 3.05) is 63.9 Å². The van der Waals surface area contributed by atoms with E-state index in [1.165, 1.54) is 11.3 Å². The number of fused-ring (bicyclic) bond motifs is 1. The van der Waals surface area contributed by atoms with Crippen molar-refractivity contribution < 1.29 is 27.9 Å². The number of carboxylic acid groups (broad SMARTS) is 1. The summed E-state index contributed by atoms with van der Waals surface area (Å²) in [6.45, 7) is 5.95. The van der Waals surface area contributed by atoms with E-state index in [2.05, 4.69) is 43.6 Å². The summed E-state index contributed by atoms with van der Waals surface area (Å²) < 4.78 is 33.4. The Hall–Kier alpha value is -4.21. The van der Waals surface area contributed by atoms with Crippen molar-refractivity contribution in [1.29, 1.82) is 5.26 Å². The lowest BCUT2D eigenvalue weighted by molar-refractivity contribution is -0.192. The van der Waals surface area contributed by atoms with Crippen LogP contribution in [0.3, 0.4) is 0 Å². The summed E-state index contributed by atoms with van der Waals surface area (Å²) in [7, 11) is 2.12. The molecule has 4 heterocycles. The lowest BCUT2D eigenvalue weighted by atomic mass is 10.1. The van der Waals surface area contributed by atoms with Gasteiger partial charge in [0.1, 0.15) is 16.5 Å². The Balaban J connectivity index is 0.000000671. The summed E-state index contributed by atoms with van der Waals surface area (Å²) in [5.41, 5.74) is 8.02. The molecule has 48 heavy (non-hydrogen) atoms. The second-order valence-electron chi connectivity index (χ2n) is 10.6. The molecule has 0 unspecified atom stereocenters. The van der Waals surface area contributed by atoms with Gasteiger partial charge in [-0.05, 0) is 31.7 Å². The number of alkyl halides is 3. The van der Waals surface area contributed by atoms with Gasteiger partial charge in [-0.25, -0.2) is 19.3 Å². The third-order valence-electron chi connectivity index (χ3n) is 7.11. The van der Waals surface area contributed by atoms with Crippen LogP contribution < -0.4 is 16.4 Å². The topological polar surface area (TPSA) is 178 Å². The fourth-order valence-corrected chi connectivity index (χ4v) is 5.89. The molecule has 1 aliphatic heterocycles. The van der Waals surface area contributed by atoms with E-state index in [9.17, 15) is 18.0 Å². The Labute approximate surface area is 287 Å². The molecule has 0 spiro atoms. The summed E-state index contributed by atoms with van der Waals surface area (Å²) in [5, 5.41) is 29.0. The predicted octanol–water partition coefficient (Wildman–Crippen LogP) is 4.27. The molecular formula is C29H31Cl2F3N10O3S. The SMILES string of the molecule is CN1CCN(CCNC(=O)c2cc3c(NCCCc4nc(N)c(C#N)s4)nc(-c4ccc(Cl)cc4Cl)cn3n2)CC1.O=C(O)C(F)(F)F. The third-order valence-corrected chi connectivity index (χ3v) is 8.69. The predicted molar refractivity (Wildman–Crippen MR) is 176 cm³/mol. The number of nitriles is 1. The van der Waals surface area contributed by atoms with Crippen molar-refractivity contribution in [3.8, 4) is 17.3 Å². The van der Waals surface area contributed by atoms with E-state index in [4.69, 9.17) is 49.1 Å². The first kappa shape index (κ1) is 36.6. The number of piperazine rings is 1. The highest BCUT2D eigenvalue weighted by molar-refractivity contribution is 7.12. The number of nitrogen functional groups attached to an aromatic ring is 1. The van der Waals surface area contributed by atoms with E-state index in [0.29, 0.717) is 62.7 Å². The smallest absolute Gasteiger partial charge is 0.475 e. The number of aliphatic carboxylic acids is 1. The monoisotopic (exact) mass is 726 g/mol. The first-order valence-electron chi connectivity index (χ1n) is 14.5. The van der Waals surface area contributed by atoms with E-state index < -0.39 is 12.1 Å². The van der Waals surface area contributed by atoms with Crippen molar-refractivity contribution in [1.82, 2.24) is 34.7 Å². The van der Waals surface area contributed by atoms with Crippen LogP contribution in [0.15, 0.2) is 30.5 Å². The molecule has 0 radical (unpaired) electrons. The van der Waals surface area contributed by atoms with Crippen LogP contribution in [0, 0.1) is 11.3 Å². The number of carbonyl (C=O) groups excluding carboxylic acids is 1. The zero-order chi connectivity index (χ0) is 35.0. The molecule has 0 saturated carbocycles. The Kier molecular flexibility index (Phi) is 12.4. The Morgan fingerprint density at radius 1 is 1.15 bits per heavy atom. The van der Waals surface area contributed by atoms with Crippen LogP contribution in [0.25, 0.3) is 16.8 Å². The number of halogens is 5. The average Bonchev–Trinajstić information content (AvgIpc) is 3.63. The van der Waals surface area contributed by atoms with Crippen LogP contribution in [-0.4, -0.2) is 105 Å². The van der Waals surface area contributed by atoms with Gasteiger partial charge in [0.25, 0.3) is 5.91 Å². The molecule has 0 aliphatic carbocycles. The summed E-state index contributed by atoms with van der Waals surface area (Å²) in [6.07, 6.45) is -1.95. The number of carboxylic acids is 1. The molecule has 1 saturated heterocycles. The molecule has 1 aromatic carbocycles. The highest BCUT2D eigenvalue weighted by Gasteiger charge is 2.38. The van der Waals surface area contributed by atoms with Crippen molar-refractivity contribution in [3.05, 3.63) is 56.1 Å². The summed E-state index contributed by atoms with van der Waals surface area (Å²) in [4.78, 5) is 36.1. The molecule has 5 rings (SSSR count). The number of amides is 1. The maximum atomic E-state index is 13.0. The molecule has 0 atom stereocenters. The van der Waals surface area contributed by atoms with Gasteiger partial charge in [-0.1, -0.05) is 23.2 Å². The van der Waals surface area contributed by atoms with Crippen LogP contribution in [0.4, 0.5) is 24.8 Å². The lowest BCUT2D eigenvalue weighted by Crippen LogP contribution is -2.46. The molecule has 1 aliphatic rings. The number of aryl methyl sites for hydroxylation is 1. The van der Waals surface area contributed by atoms with Gasteiger partial charge in [0, 0.05) is 68.9 Å². The van der Waals surface area contributed by atoms with Crippen LogP contribution in [0.5, 0.6) is 0 Å². The molecule has 19 heteroatoms. The van der Waals surface area contributed by atoms with Gasteiger partial charge in [-0.15, -0.1) is 11.3 Å². The first-order valence-corrected chi connectivity index (χ1v) is 16.1. The van der Waals surface area contributed by atoms with E-state index in [-0.39, 0.29) is 11.7 Å². The van der Waals surface area contributed by atoms with E-state index in [1.54, 1.807) is 35.0 Å². The molecule has 3 aromatic heterocycles. The molecule has 5 N–H and O–H groups in total. The zero-order valence-electron chi connectivity index (χ0n) is 25.5. The van der Waals surface area contributed by atoms with Gasteiger partial charge in [0.05, 0.1) is 21.9 Å². The lowest BCUT2D eigenvalue weighted by Gasteiger charge is -2.32. The second-order valence-corrected chi connectivity index (χ2v) is 12.6. The minimum absolute atomic E-state index is 0.241. The van der Waals surface area contributed by atoms with E-state index in [1.807, 2.05) is 0 Å². The summed E-state index contributed by atoms with van der Waals surface area (Å²) in [5.74, 6) is -2.17.